The maximum absolute atomic E-state index is 11.9. The minimum absolute atomic E-state index is 0.0880. The van der Waals surface area contributed by atoms with Crippen molar-refractivity contribution in [3.8, 4) is 0 Å². The van der Waals surface area contributed by atoms with E-state index in [9.17, 15) is 4.79 Å². The van der Waals surface area contributed by atoms with Crippen LogP contribution in [0, 0.1) is 5.92 Å². The summed E-state index contributed by atoms with van der Waals surface area (Å²) in [6.07, 6.45) is 1.60. The van der Waals surface area contributed by atoms with Gasteiger partial charge in [0.1, 0.15) is 5.82 Å². The molecule has 0 radical (unpaired) electrons. The van der Waals surface area contributed by atoms with Crippen LogP contribution in [-0.2, 0) is 4.79 Å². The number of carbonyl (C=O) groups excluding carboxylic acids is 1. The molecule has 90 valence electrons. The zero-order chi connectivity index (χ0) is 13.2. The Hall–Kier alpha value is -1.97. The van der Waals surface area contributed by atoms with E-state index < -0.39 is 0 Å². The summed E-state index contributed by atoms with van der Waals surface area (Å²) < 4.78 is 0. The van der Waals surface area contributed by atoms with Crippen molar-refractivity contribution >= 4 is 17.8 Å². The van der Waals surface area contributed by atoms with Crippen molar-refractivity contribution in [2.75, 3.05) is 7.05 Å². The molecule has 4 heteroatoms. The first kappa shape index (κ1) is 13.1. The molecular formula is C13H17N3O. The summed E-state index contributed by atoms with van der Waals surface area (Å²) in [5, 5.41) is 0. The molecule has 1 heterocycles. The van der Waals surface area contributed by atoms with Gasteiger partial charge in [-0.05, 0) is 19.4 Å². The van der Waals surface area contributed by atoms with E-state index in [0.717, 1.165) is 0 Å². The van der Waals surface area contributed by atoms with Gasteiger partial charge in [-0.15, -0.1) is 0 Å². The molecule has 0 saturated carbocycles. The van der Waals surface area contributed by atoms with Gasteiger partial charge in [0.25, 0.3) is 0 Å². The van der Waals surface area contributed by atoms with E-state index in [1.165, 1.54) is 4.90 Å². The Bertz CT molecular complexity index is 457. The fourth-order valence-electron chi connectivity index (χ4n) is 1.62. The van der Waals surface area contributed by atoms with Crippen molar-refractivity contribution in [2.24, 2.45) is 15.9 Å². The third kappa shape index (κ3) is 2.41. The summed E-state index contributed by atoms with van der Waals surface area (Å²) in [6, 6.07) is 0. The SMILES string of the molecule is C=C1C(=C)N(C(=C)/N=C(C)\C=N/C)C(=O)C1C. The van der Waals surface area contributed by atoms with Crippen molar-refractivity contribution in [3.05, 3.63) is 36.8 Å². The molecule has 1 saturated heterocycles. The highest BCUT2D eigenvalue weighted by Gasteiger charge is 2.36. The normalized spacial score (nSPS) is 21.8. The summed E-state index contributed by atoms with van der Waals surface area (Å²) in [7, 11) is 1.66. The van der Waals surface area contributed by atoms with Crippen LogP contribution in [0.25, 0.3) is 0 Å². The number of rotatable bonds is 3. The first-order valence-electron chi connectivity index (χ1n) is 5.28. The topological polar surface area (TPSA) is 45.0 Å². The van der Waals surface area contributed by atoms with E-state index in [1.807, 2.05) is 0 Å². The lowest BCUT2D eigenvalue weighted by atomic mass is 10.1. The number of hydrogen-bond donors (Lipinski definition) is 0. The van der Waals surface area contributed by atoms with Crippen molar-refractivity contribution in [1.29, 1.82) is 0 Å². The summed E-state index contributed by atoms with van der Waals surface area (Å²) in [6.45, 7) is 15.0. The number of amides is 1. The Labute approximate surface area is 102 Å². The van der Waals surface area contributed by atoms with Gasteiger partial charge in [0.2, 0.25) is 5.91 Å². The molecule has 1 aliphatic heterocycles. The van der Waals surface area contributed by atoms with Crippen LogP contribution in [0.3, 0.4) is 0 Å². The molecule has 1 atom stereocenters. The van der Waals surface area contributed by atoms with E-state index in [4.69, 9.17) is 0 Å². The summed E-state index contributed by atoms with van der Waals surface area (Å²) in [4.78, 5) is 21.4. The Morgan fingerprint density at radius 1 is 1.47 bits per heavy atom. The Morgan fingerprint density at radius 2 is 2.06 bits per heavy atom. The average molecular weight is 231 g/mol. The number of nitrogens with zero attached hydrogens (tertiary/aromatic N) is 3. The second-order valence-electron chi connectivity index (χ2n) is 3.92. The lowest BCUT2D eigenvalue weighted by Crippen LogP contribution is -2.24. The predicted molar refractivity (Wildman–Crippen MR) is 71.0 cm³/mol. The molecule has 0 aromatic carbocycles. The molecule has 4 nitrogen and oxygen atoms in total. The van der Waals surface area contributed by atoms with Gasteiger partial charge in [-0.2, -0.15) is 0 Å². The number of carbonyl (C=O) groups is 1. The second kappa shape index (κ2) is 4.91. The fraction of sp³-hybridized carbons (Fsp3) is 0.308. The van der Waals surface area contributed by atoms with E-state index in [-0.39, 0.29) is 11.8 Å². The van der Waals surface area contributed by atoms with Gasteiger partial charge in [0.05, 0.1) is 11.6 Å². The third-order valence-corrected chi connectivity index (χ3v) is 2.63. The van der Waals surface area contributed by atoms with Gasteiger partial charge in [0.15, 0.2) is 0 Å². The maximum atomic E-state index is 11.9. The van der Waals surface area contributed by atoms with Crippen LogP contribution in [0.2, 0.25) is 0 Å². The molecule has 0 aliphatic carbocycles. The van der Waals surface area contributed by atoms with E-state index in [0.29, 0.717) is 22.8 Å². The first-order chi connectivity index (χ1) is 7.90. The zero-order valence-electron chi connectivity index (χ0n) is 10.5. The summed E-state index contributed by atoms with van der Waals surface area (Å²) in [5.41, 5.74) is 1.97. The lowest BCUT2D eigenvalue weighted by Gasteiger charge is -2.16. The van der Waals surface area contributed by atoms with E-state index in [2.05, 4.69) is 29.7 Å². The quantitative estimate of drug-likeness (QED) is 0.686. The van der Waals surface area contributed by atoms with Crippen LogP contribution in [0.4, 0.5) is 0 Å². The summed E-state index contributed by atoms with van der Waals surface area (Å²) in [5.74, 6) is 0.00693. The van der Waals surface area contributed by atoms with Crippen molar-refractivity contribution in [2.45, 2.75) is 13.8 Å². The average Bonchev–Trinajstić information content (AvgIpc) is 2.43. The molecule has 1 unspecified atom stereocenters. The van der Waals surface area contributed by atoms with Crippen LogP contribution in [-0.4, -0.2) is 29.8 Å². The molecular weight excluding hydrogens is 214 g/mol. The fourth-order valence-corrected chi connectivity index (χ4v) is 1.62. The van der Waals surface area contributed by atoms with Gasteiger partial charge in [0, 0.05) is 19.0 Å². The zero-order valence-corrected chi connectivity index (χ0v) is 10.5. The van der Waals surface area contributed by atoms with E-state index in [1.54, 1.807) is 27.1 Å². The van der Waals surface area contributed by atoms with Crippen molar-refractivity contribution in [1.82, 2.24) is 4.90 Å². The number of likely N-dealkylation sites (tertiary alicyclic amines) is 1. The van der Waals surface area contributed by atoms with E-state index >= 15 is 0 Å². The molecule has 0 aromatic heterocycles. The minimum atomic E-state index is -0.255. The third-order valence-electron chi connectivity index (χ3n) is 2.63. The van der Waals surface area contributed by atoms with Gasteiger partial charge < -0.3 is 0 Å². The Kier molecular flexibility index (Phi) is 3.78. The second-order valence-corrected chi connectivity index (χ2v) is 3.92. The molecule has 0 bridgehead atoms. The van der Waals surface area contributed by atoms with Gasteiger partial charge in [-0.1, -0.05) is 19.7 Å². The van der Waals surface area contributed by atoms with Crippen LogP contribution < -0.4 is 0 Å². The first-order valence-corrected chi connectivity index (χ1v) is 5.28. The molecule has 17 heavy (non-hydrogen) atoms. The monoisotopic (exact) mass is 231 g/mol. The Morgan fingerprint density at radius 3 is 2.47 bits per heavy atom. The van der Waals surface area contributed by atoms with Gasteiger partial charge in [-0.3, -0.25) is 14.7 Å². The smallest absolute Gasteiger partial charge is 0.240 e. The van der Waals surface area contributed by atoms with Crippen LogP contribution in [0.5, 0.6) is 0 Å². The standard InChI is InChI=1S/C13H17N3O/c1-8(7-14-6)15-12(5)16-11(4)9(2)10(3)13(16)17/h7,10H,2,4-5H2,1,3,6H3/b14-7-,15-8-. The predicted octanol–water partition coefficient (Wildman–Crippen LogP) is 2.17. The van der Waals surface area contributed by atoms with Gasteiger partial charge in [-0.25, -0.2) is 4.99 Å². The van der Waals surface area contributed by atoms with Gasteiger partial charge >= 0.3 is 0 Å². The van der Waals surface area contributed by atoms with Crippen LogP contribution >= 0.6 is 0 Å². The minimum Gasteiger partial charge on any atom is -0.295 e. The van der Waals surface area contributed by atoms with Crippen molar-refractivity contribution < 1.29 is 4.79 Å². The molecule has 1 fully saturated rings. The maximum Gasteiger partial charge on any atom is 0.240 e. The molecule has 1 aliphatic rings. The van der Waals surface area contributed by atoms with Crippen LogP contribution in [0.1, 0.15) is 13.8 Å². The molecule has 0 spiro atoms. The molecule has 0 aromatic rings. The highest BCUT2D eigenvalue weighted by molar-refractivity contribution is 6.29. The van der Waals surface area contributed by atoms with Crippen LogP contribution in [0.15, 0.2) is 46.8 Å². The van der Waals surface area contributed by atoms with Crippen molar-refractivity contribution in [3.63, 3.8) is 0 Å². The summed E-state index contributed by atoms with van der Waals surface area (Å²) >= 11 is 0. The molecule has 0 N–H and O–H groups in total. The molecule has 1 rings (SSSR count). The highest BCUT2D eigenvalue weighted by atomic mass is 16.2. The Balaban J connectivity index is 2.99. The highest BCUT2D eigenvalue weighted by Crippen LogP contribution is 2.33. The number of allylic oxidation sites excluding steroid dienone is 1. The lowest BCUT2D eigenvalue weighted by molar-refractivity contribution is -0.127. The molecule has 1 amide bonds. The number of aliphatic imine (C=N–C) groups is 2. The number of hydrogen-bond acceptors (Lipinski definition) is 3. The largest absolute Gasteiger partial charge is 0.295 e.